The molecule has 1 heterocycles. The second-order valence-electron chi connectivity index (χ2n) is 4.68. The zero-order valence-electron chi connectivity index (χ0n) is 11.4. The molecule has 0 fully saturated rings. The first-order valence-electron chi connectivity index (χ1n) is 6.37. The molecule has 0 aliphatic rings. The highest BCUT2D eigenvalue weighted by Gasteiger charge is 2.19. The van der Waals surface area contributed by atoms with Crippen molar-refractivity contribution in [3.05, 3.63) is 46.0 Å². The van der Waals surface area contributed by atoms with Crippen LogP contribution in [0.15, 0.2) is 18.2 Å². The second-order valence-corrected chi connectivity index (χ2v) is 5.06. The van der Waals surface area contributed by atoms with Crippen molar-refractivity contribution in [3.63, 3.8) is 0 Å². The maximum absolute atomic E-state index is 13.3. The van der Waals surface area contributed by atoms with Crippen LogP contribution in [0.25, 0.3) is 0 Å². The van der Waals surface area contributed by atoms with E-state index in [1.54, 1.807) is 11.7 Å². The number of nitrogens with two attached hydrogens (primary N) is 1. The van der Waals surface area contributed by atoms with Gasteiger partial charge in [0.15, 0.2) is 0 Å². The topological polar surface area (TPSA) is 64.1 Å². The SMILES string of the molecule is CCc1nn(C)c(CC(O)c2cc(F)ccc2N)c1Cl. The second kappa shape index (κ2) is 5.81. The highest BCUT2D eigenvalue weighted by molar-refractivity contribution is 6.31. The Morgan fingerprint density at radius 3 is 2.80 bits per heavy atom. The van der Waals surface area contributed by atoms with Crippen molar-refractivity contribution in [1.29, 1.82) is 0 Å². The van der Waals surface area contributed by atoms with Crippen molar-refractivity contribution in [2.75, 3.05) is 5.73 Å². The van der Waals surface area contributed by atoms with Gasteiger partial charge in [-0.1, -0.05) is 18.5 Å². The average molecular weight is 298 g/mol. The summed E-state index contributed by atoms with van der Waals surface area (Å²) in [5, 5.41) is 15.1. The van der Waals surface area contributed by atoms with Gasteiger partial charge in [-0.25, -0.2) is 4.39 Å². The summed E-state index contributed by atoms with van der Waals surface area (Å²) in [7, 11) is 1.77. The molecule has 2 aromatic rings. The van der Waals surface area contributed by atoms with Gasteiger partial charge in [-0.05, 0) is 24.6 Å². The number of hydrogen-bond acceptors (Lipinski definition) is 3. The van der Waals surface area contributed by atoms with Crippen molar-refractivity contribution in [1.82, 2.24) is 9.78 Å². The number of nitrogen functional groups attached to an aromatic ring is 1. The van der Waals surface area contributed by atoms with Gasteiger partial charge in [-0.15, -0.1) is 0 Å². The van der Waals surface area contributed by atoms with Gasteiger partial charge >= 0.3 is 0 Å². The van der Waals surface area contributed by atoms with Crippen LogP contribution in [0.4, 0.5) is 10.1 Å². The molecule has 0 amide bonds. The highest BCUT2D eigenvalue weighted by Crippen LogP contribution is 2.29. The molecule has 0 radical (unpaired) electrons. The van der Waals surface area contributed by atoms with Crippen molar-refractivity contribution >= 4 is 17.3 Å². The zero-order chi connectivity index (χ0) is 14.9. The van der Waals surface area contributed by atoms with Crippen LogP contribution in [0.1, 0.15) is 30.0 Å². The van der Waals surface area contributed by atoms with Crippen LogP contribution in [-0.2, 0) is 19.9 Å². The van der Waals surface area contributed by atoms with Gasteiger partial charge in [0.2, 0.25) is 0 Å². The van der Waals surface area contributed by atoms with Crippen LogP contribution in [0.2, 0.25) is 5.02 Å². The van der Waals surface area contributed by atoms with Gasteiger partial charge in [0, 0.05) is 24.7 Å². The summed E-state index contributed by atoms with van der Waals surface area (Å²) in [6, 6.07) is 3.94. The summed E-state index contributed by atoms with van der Waals surface area (Å²) in [5.74, 6) is -0.432. The van der Waals surface area contributed by atoms with Gasteiger partial charge in [-0.3, -0.25) is 4.68 Å². The summed E-state index contributed by atoms with van der Waals surface area (Å²) in [5.41, 5.74) is 7.97. The van der Waals surface area contributed by atoms with Crippen molar-refractivity contribution in [2.24, 2.45) is 7.05 Å². The van der Waals surface area contributed by atoms with Crippen molar-refractivity contribution in [2.45, 2.75) is 25.9 Å². The molecule has 1 unspecified atom stereocenters. The molecule has 0 saturated carbocycles. The van der Waals surface area contributed by atoms with Gasteiger partial charge in [0.1, 0.15) is 5.82 Å². The van der Waals surface area contributed by atoms with Crippen LogP contribution in [0, 0.1) is 5.82 Å². The van der Waals surface area contributed by atoms with Crippen molar-refractivity contribution < 1.29 is 9.50 Å². The molecule has 3 N–H and O–H groups in total. The number of aromatic nitrogens is 2. The van der Waals surface area contributed by atoms with E-state index in [1.807, 2.05) is 6.92 Å². The molecule has 108 valence electrons. The molecule has 0 spiro atoms. The molecular formula is C14H17ClFN3O. The maximum atomic E-state index is 13.3. The first-order valence-corrected chi connectivity index (χ1v) is 6.75. The Kier molecular flexibility index (Phi) is 4.30. The van der Waals surface area contributed by atoms with E-state index >= 15 is 0 Å². The average Bonchev–Trinajstić information content (AvgIpc) is 2.68. The molecule has 1 aromatic carbocycles. The largest absolute Gasteiger partial charge is 0.398 e. The minimum Gasteiger partial charge on any atom is -0.398 e. The molecule has 1 atom stereocenters. The van der Waals surface area contributed by atoms with Gasteiger partial charge in [0.25, 0.3) is 0 Å². The Labute approximate surface area is 122 Å². The number of halogens is 2. The molecule has 0 saturated heterocycles. The Bertz CT molecular complexity index is 627. The number of aliphatic hydroxyl groups is 1. The fraction of sp³-hybridized carbons (Fsp3) is 0.357. The van der Waals surface area contributed by atoms with Gasteiger partial charge < -0.3 is 10.8 Å². The van der Waals surface area contributed by atoms with E-state index in [9.17, 15) is 9.50 Å². The lowest BCUT2D eigenvalue weighted by molar-refractivity contribution is 0.176. The molecule has 4 nitrogen and oxygen atoms in total. The standard InChI is InChI=1S/C14H17ClFN3O/c1-3-11-14(15)12(19(2)18-11)7-13(20)9-6-8(16)4-5-10(9)17/h4-6,13,20H,3,7,17H2,1-2H3. The molecule has 0 bridgehead atoms. The number of aryl methyl sites for hydroxylation is 2. The number of aliphatic hydroxyl groups excluding tert-OH is 1. The van der Waals surface area contributed by atoms with E-state index in [4.69, 9.17) is 17.3 Å². The number of rotatable bonds is 4. The predicted octanol–water partition coefficient (Wildman–Crippen LogP) is 2.63. The maximum Gasteiger partial charge on any atom is 0.123 e. The minimum atomic E-state index is -0.927. The smallest absolute Gasteiger partial charge is 0.123 e. The zero-order valence-corrected chi connectivity index (χ0v) is 12.2. The van der Waals surface area contributed by atoms with Crippen LogP contribution in [0.3, 0.4) is 0 Å². The lowest BCUT2D eigenvalue weighted by Gasteiger charge is -2.14. The third-order valence-electron chi connectivity index (χ3n) is 3.30. The quantitative estimate of drug-likeness (QED) is 0.853. The van der Waals surface area contributed by atoms with Crippen LogP contribution < -0.4 is 5.73 Å². The fourth-order valence-electron chi connectivity index (χ4n) is 2.17. The molecule has 0 aliphatic heterocycles. The van der Waals surface area contributed by atoms with Crippen LogP contribution >= 0.6 is 11.6 Å². The molecular weight excluding hydrogens is 281 g/mol. The van der Waals surface area contributed by atoms with Crippen LogP contribution in [-0.4, -0.2) is 14.9 Å². The van der Waals surface area contributed by atoms with Crippen molar-refractivity contribution in [3.8, 4) is 0 Å². The number of nitrogens with zero attached hydrogens (tertiary/aromatic N) is 2. The van der Waals surface area contributed by atoms with E-state index in [0.717, 1.165) is 5.69 Å². The summed E-state index contributed by atoms with van der Waals surface area (Å²) in [4.78, 5) is 0. The van der Waals surface area contributed by atoms with Gasteiger partial charge in [0.05, 0.1) is 22.5 Å². The predicted molar refractivity (Wildman–Crippen MR) is 77.1 cm³/mol. The normalized spacial score (nSPS) is 12.7. The molecule has 20 heavy (non-hydrogen) atoms. The number of hydrogen-bond donors (Lipinski definition) is 2. The van der Waals surface area contributed by atoms with E-state index in [2.05, 4.69) is 5.10 Å². The van der Waals surface area contributed by atoms with Crippen LogP contribution in [0.5, 0.6) is 0 Å². The van der Waals surface area contributed by atoms with E-state index in [1.165, 1.54) is 18.2 Å². The summed E-state index contributed by atoms with van der Waals surface area (Å²) >= 11 is 6.23. The molecule has 1 aromatic heterocycles. The van der Waals surface area contributed by atoms with E-state index < -0.39 is 11.9 Å². The van der Waals surface area contributed by atoms with Gasteiger partial charge in [-0.2, -0.15) is 5.10 Å². The van der Waals surface area contributed by atoms with E-state index in [-0.39, 0.29) is 6.42 Å². The molecule has 2 rings (SSSR count). The summed E-state index contributed by atoms with van der Waals surface area (Å²) in [6.07, 6.45) is 0.0178. The first-order chi connectivity index (χ1) is 9.43. The molecule has 0 aliphatic carbocycles. The van der Waals surface area contributed by atoms with E-state index in [0.29, 0.717) is 28.4 Å². The Morgan fingerprint density at radius 2 is 2.20 bits per heavy atom. The highest BCUT2D eigenvalue weighted by atomic mass is 35.5. The summed E-state index contributed by atoms with van der Waals surface area (Å²) in [6.45, 7) is 1.96. The number of benzene rings is 1. The molecule has 6 heteroatoms. The lowest BCUT2D eigenvalue weighted by atomic mass is 10.0. The third-order valence-corrected chi connectivity index (χ3v) is 3.73. The monoisotopic (exact) mass is 297 g/mol. The Morgan fingerprint density at radius 1 is 1.50 bits per heavy atom. The minimum absolute atomic E-state index is 0.232. The summed E-state index contributed by atoms with van der Waals surface area (Å²) < 4.78 is 14.9. The Hall–Kier alpha value is -1.59. The lowest BCUT2D eigenvalue weighted by Crippen LogP contribution is -2.09. The Balaban J connectivity index is 2.30. The third kappa shape index (κ3) is 2.78. The number of anilines is 1. The fourth-order valence-corrected chi connectivity index (χ4v) is 2.54. The first kappa shape index (κ1) is 14.8.